The SMILES string of the molecule is C=CCn1c(COc2ccc(Cl)c(C)c2)nnc1SCC(=O)Nc1c(C)cccc1CC. The molecule has 0 unspecified atom stereocenters. The first-order chi connectivity index (χ1) is 15.4. The van der Waals surface area contributed by atoms with Crippen LogP contribution in [0.15, 0.2) is 54.2 Å². The van der Waals surface area contributed by atoms with Crippen LogP contribution in [0.4, 0.5) is 5.69 Å². The molecule has 0 saturated heterocycles. The van der Waals surface area contributed by atoms with Crippen molar-refractivity contribution in [3.05, 3.63) is 76.6 Å². The molecule has 8 heteroatoms. The van der Waals surface area contributed by atoms with Crippen LogP contribution in [0.2, 0.25) is 5.02 Å². The molecule has 0 saturated carbocycles. The number of nitrogens with zero attached hydrogens (tertiary/aromatic N) is 3. The standard InChI is InChI=1S/C24H27ClN4O2S/c1-5-12-29-21(14-31-19-10-11-20(25)17(4)13-19)27-28-24(29)32-15-22(30)26-23-16(3)8-7-9-18(23)6-2/h5,7-11,13H,1,6,12,14-15H2,2-4H3,(H,26,30). The lowest BCUT2D eigenvalue weighted by atomic mass is 10.1. The number of aryl methyl sites for hydroxylation is 3. The lowest BCUT2D eigenvalue weighted by Gasteiger charge is -2.13. The average Bonchev–Trinajstić information content (AvgIpc) is 3.16. The zero-order chi connectivity index (χ0) is 23.1. The lowest BCUT2D eigenvalue weighted by Crippen LogP contribution is -2.17. The van der Waals surface area contributed by atoms with E-state index in [0.717, 1.165) is 28.8 Å². The second-order valence-electron chi connectivity index (χ2n) is 7.30. The molecule has 6 nitrogen and oxygen atoms in total. The monoisotopic (exact) mass is 470 g/mol. The highest BCUT2D eigenvalue weighted by molar-refractivity contribution is 7.99. The molecule has 0 bridgehead atoms. The van der Waals surface area contributed by atoms with Gasteiger partial charge in [-0.05, 0) is 55.2 Å². The van der Waals surface area contributed by atoms with Crippen LogP contribution in [-0.2, 0) is 24.4 Å². The summed E-state index contributed by atoms with van der Waals surface area (Å²) < 4.78 is 7.77. The number of carbonyl (C=O) groups excluding carboxylic acids is 1. The summed E-state index contributed by atoms with van der Waals surface area (Å²) in [5.41, 5.74) is 4.00. The minimum absolute atomic E-state index is 0.0819. The Bertz CT molecular complexity index is 1110. The van der Waals surface area contributed by atoms with Crippen molar-refractivity contribution in [2.24, 2.45) is 0 Å². The third-order valence-electron chi connectivity index (χ3n) is 4.94. The van der Waals surface area contributed by atoms with E-state index in [4.69, 9.17) is 16.3 Å². The molecule has 0 aliphatic carbocycles. The van der Waals surface area contributed by atoms with Crippen molar-refractivity contribution in [3.8, 4) is 5.75 Å². The van der Waals surface area contributed by atoms with Crippen LogP contribution in [0.3, 0.4) is 0 Å². The predicted molar refractivity (Wildman–Crippen MR) is 131 cm³/mol. The first-order valence-electron chi connectivity index (χ1n) is 10.4. The van der Waals surface area contributed by atoms with Crippen LogP contribution >= 0.6 is 23.4 Å². The van der Waals surface area contributed by atoms with Gasteiger partial charge in [-0.2, -0.15) is 0 Å². The zero-order valence-electron chi connectivity index (χ0n) is 18.5. The van der Waals surface area contributed by atoms with E-state index in [9.17, 15) is 4.79 Å². The van der Waals surface area contributed by atoms with Crippen molar-refractivity contribution < 1.29 is 9.53 Å². The summed E-state index contributed by atoms with van der Waals surface area (Å²) in [5.74, 6) is 1.51. The van der Waals surface area contributed by atoms with Gasteiger partial charge in [-0.25, -0.2) is 0 Å². The Kier molecular flexibility index (Phi) is 8.36. The fraction of sp³-hybridized carbons (Fsp3) is 0.292. The van der Waals surface area contributed by atoms with Crippen molar-refractivity contribution in [1.82, 2.24) is 14.8 Å². The molecular weight excluding hydrogens is 444 g/mol. The molecule has 3 aromatic rings. The van der Waals surface area contributed by atoms with E-state index in [1.165, 1.54) is 11.8 Å². The van der Waals surface area contributed by atoms with Crippen LogP contribution in [0.5, 0.6) is 5.75 Å². The maximum absolute atomic E-state index is 12.6. The van der Waals surface area contributed by atoms with Crippen molar-refractivity contribution in [2.75, 3.05) is 11.1 Å². The maximum atomic E-state index is 12.6. The van der Waals surface area contributed by atoms with Gasteiger partial charge in [0, 0.05) is 17.3 Å². The number of thioether (sulfide) groups is 1. The quantitative estimate of drug-likeness (QED) is 0.308. The Morgan fingerprint density at radius 3 is 2.78 bits per heavy atom. The predicted octanol–water partition coefficient (Wildman–Crippen LogP) is 5.61. The Morgan fingerprint density at radius 1 is 1.25 bits per heavy atom. The molecular formula is C24H27ClN4O2S. The third kappa shape index (κ3) is 5.93. The highest BCUT2D eigenvalue weighted by Gasteiger charge is 2.15. The topological polar surface area (TPSA) is 69.0 Å². The zero-order valence-corrected chi connectivity index (χ0v) is 20.1. The average molecular weight is 471 g/mol. The second kappa shape index (κ2) is 11.2. The molecule has 0 aliphatic rings. The van der Waals surface area contributed by atoms with Crippen molar-refractivity contribution in [3.63, 3.8) is 0 Å². The first-order valence-corrected chi connectivity index (χ1v) is 11.7. The molecule has 1 aromatic heterocycles. The molecule has 1 heterocycles. The molecule has 32 heavy (non-hydrogen) atoms. The number of rotatable bonds is 10. The van der Waals surface area contributed by atoms with Gasteiger partial charge in [-0.3, -0.25) is 9.36 Å². The number of nitrogens with one attached hydrogen (secondary N) is 1. The highest BCUT2D eigenvalue weighted by Crippen LogP contribution is 2.24. The van der Waals surface area contributed by atoms with Gasteiger partial charge in [-0.15, -0.1) is 16.8 Å². The maximum Gasteiger partial charge on any atom is 0.234 e. The summed E-state index contributed by atoms with van der Waals surface area (Å²) in [6, 6.07) is 11.5. The number of carbonyl (C=O) groups is 1. The van der Waals surface area contributed by atoms with Crippen LogP contribution in [0.25, 0.3) is 0 Å². The van der Waals surface area contributed by atoms with Gasteiger partial charge in [0.25, 0.3) is 0 Å². The van der Waals surface area contributed by atoms with E-state index in [0.29, 0.717) is 28.3 Å². The van der Waals surface area contributed by atoms with Crippen LogP contribution in [-0.4, -0.2) is 26.4 Å². The number of aromatic nitrogens is 3. The normalized spacial score (nSPS) is 10.8. The molecule has 2 aromatic carbocycles. The Morgan fingerprint density at radius 2 is 2.06 bits per heavy atom. The van der Waals surface area contributed by atoms with Crippen LogP contribution in [0.1, 0.15) is 29.4 Å². The molecule has 168 valence electrons. The van der Waals surface area contributed by atoms with E-state index in [1.807, 2.05) is 48.7 Å². The first kappa shape index (κ1) is 23.9. The minimum atomic E-state index is -0.0819. The van der Waals surface area contributed by atoms with Gasteiger partial charge < -0.3 is 10.1 Å². The van der Waals surface area contributed by atoms with Gasteiger partial charge in [0.2, 0.25) is 5.91 Å². The molecule has 0 fully saturated rings. The number of halogens is 1. The summed E-state index contributed by atoms with van der Waals surface area (Å²) >= 11 is 7.41. The van der Waals surface area contributed by atoms with Gasteiger partial charge in [0.1, 0.15) is 12.4 Å². The summed E-state index contributed by atoms with van der Waals surface area (Å²) in [6.45, 7) is 10.6. The number of para-hydroxylation sites is 1. The molecule has 0 aliphatic heterocycles. The van der Waals surface area contributed by atoms with Crippen molar-refractivity contribution in [1.29, 1.82) is 0 Å². The Labute approximate surface area is 198 Å². The molecule has 1 amide bonds. The van der Waals surface area contributed by atoms with E-state index in [2.05, 4.69) is 29.0 Å². The van der Waals surface area contributed by atoms with Gasteiger partial charge in [0.05, 0.1) is 5.75 Å². The molecule has 0 atom stereocenters. The summed E-state index contributed by atoms with van der Waals surface area (Å²) in [4.78, 5) is 12.6. The number of hydrogen-bond acceptors (Lipinski definition) is 5. The number of benzene rings is 2. The van der Waals surface area contributed by atoms with Gasteiger partial charge in [0.15, 0.2) is 11.0 Å². The minimum Gasteiger partial charge on any atom is -0.486 e. The number of allylic oxidation sites excluding steroid dienone is 1. The van der Waals surface area contributed by atoms with Crippen LogP contribution < -0.4 is 10.1 Å². The molecule has 3 rings (SSSR count). The van der Waals surface area contributed by atoms with Gasteiger partial charge in [-0.1, -0.05) is 54.6 Å². The second-order valence-corrected chi connectivity index (χ2v) is 8.65. The Hall–Kier alpha value is -2.77. The molecule has 1 N–H and O–H groups in total. The highest BCUT2D eigenvalue weighted by atomic mass is 35.5. The number of hydrogen-bond donors (Lipinski definition) is 1. The number of ether oxygens (including phenoxy) is 1. The summed E-state index contributed by atoms with van der Waals surface area (Å²) in [7, 11) is 0. The summed E-state index contributed by atoms with van der Waals surface area (Å²) in [5, 5.41) is 12.9. The van der Waals surface area contributed by atoms with Gasteiger partial charge >= 0.3 is 0 Å². The Balaban J connectivity index is 1.65. The van der Waals surface area contributed by atoms with E-state index in [1.54, 1.807) is 12.1 Å². The third-order valence-corrected chi connectivity index (χ3v) is 6.33. The summed E-state index contributed by atoms with van der Waals surface area (Å²) in [6.07, 6.45) is 2.62. The van der Waals surface area contributed by atoms with Crippen molar-refractivity contribution >= 4 is 35.0 Å². The molecule has 0 radical (unpaired) electrons. The van der Waals surface area contributed by atoms with E-state index in [-0.39, 0.29) is 18.3 Å². The fourth-order valence-electron chi connectivity index (χ4n) is 3.21. The van der Waals surface area contributed by atoms with E-state index < -0.39 is 0 Å². The number of amides is 1. The van der Waals surface area contributed by atoms with Crippen molar-refractivity contribution in [2.45, 2.75) is 45.5 Å². The van der Waals surface area contributed by atoms with Crippen LogP contribution in [0, 0.1) is 13.8 Å². The molecule has 0 spiro atoms. The number of anilines is 1. The smallest absolute Gasteiger partial charge is 0.234 e. The van der Waals surface area contributed by atoms with E-state index >= 15 is 0 Å². The lowest BCUT2D eigenvalue weighted by molar-refractivity contribution is -0.113. The largest absolute Gasteiger partial charge is 0.486 e. The fourth-order valence-corrected chi connectivity index (χ4v) is 4.09.